The molecule has 2 aliphatic rings. The van der Waals surface area contributed by atoms with Gasteiger partial charge in [-0.15, -0.1) is 0 Å². The van der Waals surface area contributed by atoms with Crippen molar-refractivity contribution in [3.8, 4) is 0 Å². The maximum absolute atomic E-state index is 12.1. The van der Waals surface area contributed by atoms with Gasteiger partial charge < -0.3 is 4.90 Å². The minimum absolute atomic E-state index is 0.0255. The number of nitrogens with zero attached hydrogens (tertiary/aromatic N) is 2. The number of rotatable bonds is 10. The zero-order valence-corrected chi connectivity index (χ0v) is 27.2. The van der Waals surface area contributed by atoms with Crippen LogP contribution >= 0.6 is 0 Å². The van der Waals surface area contributed by atoms with Gasteiger partial charge in [0.05, 0.1) is 10.3 Å². The van der Waals surface area contributed by atoms with E-state index in [-0.39, 0.29) is 21.8 Å². The minimum Gasteiger partial charge on any atom is -0.337 e. The van der Waals surface area contributed by atoms with Gasteiger partial charge in [0.2, 0.25) is 5.69 Å². The number of fused-ring (bicyclic) bond motifs is 2. The topological polar surface area (TPSA) is 60.6 Å². The molecule has 5 rings (SSSR count). The number of aryl methyl sites for hydroxylation is 2. The van der Waals surface area contributed by atoms with Gasteiger partial charge >= 0.3 is 0 Å². The molecule has 0 bridgehead atoms. The van der Waals surface area contributed by atoms with Crippen LogP contribution < -0.4 is 4.90 Å². The maximum atomic E-state index is 12.1. The van der Waals surface area contributed by atoms with Crippen LogP contribution in [-0.4, -0.2) is 35.8 Å². The molecule has 1 unspecified atom stereocenters. The fourth-order valence-corrected chi connectivity index (χ4v) is 7.88. The quantitative estimate of drug-likeness (QED) is 0.146. The van der Waals surface area contributed by atoms with E-state index in [1.54, 1.807) is 6.07 Å². The highest BCUT2D eigenvalue weighted by Gasteiger charge is 2.47. The maximum Gasteiger partial charge on any atom is 0.294 e. The second-order valence-electron chi connectivity index (χ2n) is 13.4. The molecule has 0 saturated carbocycles. The molecule has 1 atom stereocenters. The van der Waals surface area contributed by atoms with Crippen LogP contribution in [0.25, 0.3) is 0 Å². The van der Waals surface area contributed by atoms with Crippen LogP contribution in [0.5, 0.6) is 0 Å². The summed E-state index contributed by atoms with van der Waals surface area (Å²) in [6, 6.07) is 20.7. The lowest BCUT2D eigenvalue weighted by molar-refractivity contribution is -0.440. The molecular formula is C36H47N2O3S+. The predicted molar refractivity (Wildman–Crippen MR) is 174 cm³/mol. The van der Waals surface area contributed by atoms with Crippen LogP contribution in [0.3, 0.4) is 0 Å². The summed E-state index contributed by atoms with van der Waals surface area (Å²) in [6.45, 7) is 16.8. The molecule has 5 nitrogen and oxygen atoms in total. The Labute approximate surface area is 253 Å². The van der Waals surface area contributed by atoms with E-state index < -0.39 is 10.1 Å². The molecule has 0 aliphatic carbocycles. The number of hydrogen-bond acceptors (Lipinski definition) is 3. The zero-order valence-electron chi connectivity index (χ0n) is 26.4. The largest absolute Gasteiger partial charge is 0.337 e. The van der Waals surface area contributed by atoms with Crippen LogP contribution in [0.2, 0.25) is 0 Å². The van der Waals surface area contributed by atoms with Gasteiger partial charge in [0.15, 0.2) is 5.71 Å². The zero-order chi connectivity index (χ0) is 30.4. The van der Waals surface area contributed by atoms with Crippen LogP contribution in [0, 0.1) is 13.8 Å². The first-order chi connectivity index (χ1) is 19.8. The summed E-state index contributed by atoms with van der Waals surface area (Å²) < 4.78 is 36.6. The van der Waals surface area contributed by atoms with Gasteiger partial charge in [-0.3, -0.25) is 4.55 Å². The highest BCUT2D eigenvalue weighted by atomic mass is 32.2. The van der Waals surface area contributed by atoms with Crippen LogP contribution in [0.4, 0.5) is 17.1 Å². The molecule has 42 heavy (non-hydrogen) atoms. The first-order valence-corrected chi connectivity index (χ1v) is 16.9. The van der Waals surface area contributed by atoms with Crippen LogP contribution in [0.15, 0.2) is 65.6 Å². The van der Waals surface area contributed by atoms with Gasteiger partial charge in [0, 0.05) is 47.3 Å². The monoisotopic (exact) mass is 587 g/mol. The van der Waals surface area contributed by atoms with Gasteiger partial charge in [0.1, 0.15) is 6.54 Å². The number of unbranched alkanes of at least 4 members (excludes halogenated alkanes) is 2. The van der Waals surface area contributed by atoms with Gasteiger partial charge in [-0.25, -0.2) is 0 Å². The third kappa shape index (κ3) is 5.44. The standard InChI is InChI=1S/C36H46N2O3S/c1-8-9-10-21-37-31-19-17-26(3)23-29(31)35(4,5)33(37)15-12-16-34-36(6,7)30-24-28(42(39,40)41)18-20-32(30)38(34)27-14-11-13-25(2)22-27/h11,13-14,17-20,22-24,34H,8-10,12,15-16,21H2,1-7H3/p+1. The smallest absolute Gasteiger partial charge is 0.294 e. The molecule has 0 radical (unpaired) electrons. The van der Waals surface area contributed by atoms with E-state index in [9.17, 15) is 13.0 Å². The Kier molecular flexibility index (Phi) is 8.19. The van der Waals surface area contributed by atoms with E-state index in [1.165, 1.54) is 53.4 Å². The molecule has 0 fully saturated rings. The van der Waals surface area contributed by atoms with E-state index in [1.807, 2.05) is 6.07 Å². The molecule has 0 saturated heterocycles. The molecule has 0 spiro atoms. The minimum atomic E-state index is -4.29. The third-order valence-electron chi connectivity index (χ3n) is 9.68. The highest BCUT2D eigenvalue weighted by Crippen LogP contribution is 2.51. The number of anilines is 2. The predicted octanol–water partition coefficient (Wildman–Crippen LogP) is 8.78. The second kappa shape index (κ2) is 11.3. The van der Waals surface area contributed by atoms with E-state index in [4.69, 9.17) is 0 Å². The molecular weight excluding hydrogens is 540 g/mol. The molecule has 2 aliphatic heterocycles. The first-order valence-electron chi connectivity index (χ1n) is 15.5. The molecule has 3 aromatic carbocycles. The molecule has 1 N–H and O–H groups in total. The Bertz CT molecular complexity index is 1640. The summed E-state index contributed by atoms with van der Waals surface area (Å²) in [7, 11) is -4.29. The van der Waals surface area contributed by atoms with Crippen molar-refractivity contribution in [3.05, 3.63) is 82.9 Å². The van der Waals surface area contributed by atoms with Gasteiger partial charge in [-0.2, -0.15) is 13.0 Å². The fourth-order valence-electron chi connectivity index (χ4n) is 7.37. The Balaban J connectivity index is 1.49. The van der Waals surface area contributed by atoms with Gasteiger partial charge in [0.25, 0.3) is 10.1 Å². The summed E-state index contributed by atoms with van der Waals surface area (Å²) in [4.78, 5) is 2.36. The first kappa shape index (κ1) is 30.5. The summed E-state index contributed by atoms with van der Waals surface area (Å²) >= 11 is 0. The summed E-state index contributed by atoms with van der Waals surface area (Å²) in [5, 5.41) is 0. The third-order valence-corrected chi connectivity index (χ3v) is 10.5. The van der Waals surface area contributed by atoms with E-state index in [2.05, 4.69) is 100 Å². The van der Waals surface area contributed by atoms with E-state index >= 15 is 0 Å². The van der Waals surface area contributed by atoms with Crippen molar-refractivity contribution in [2.75, 3.05) is 11.4 Å². The van der Waals surface area contributed by atoms with Gasteiger partial charge in [-0.1, -0.05) is 51.0 Å². The Hall–Kier alpha value is -2.96. The van der Waals surface area contributed by atoms with Crippen molar-refractivity contribution in [2.24, 2.45) is 0 Å². The molecule has 224 valence electrons. The highest BCUT2D eigenvalue weighted by molar-refractivity contribution is 7.85. The number of hydrogen-bond donors (Lipinski definition) is 1. The average Bonchev–Trinajstić information content (AvgIpc) is 3.27. The Morgan fingerprint density at radius 3 is 2.31 bits per heavy atom. The second-order valence-corrected chi connectivity index (χ2v) is 14.9. The summed E-state index contributed by atoms with van der Waals surface area (Å²) in [5.41, 5.74) is 9.53. The van der Waals surface area contributed by atoms with E-state index in [0.29, 0.717) is 0 Å². The number of benzene rings is 3. The van der Waals surface area contributed by atoms with Crippen molar-refractivity contribution in [1.82, 2.24) is 0 Å². The normalized spacial score (nSPS) is 18.9. The fraction of sp³-hybridized carbons (Fsp3) is 0.472. The van der Waals surface area contributed by atoms with Crippen LogP contribution in [-0.2, 0) is 20.9 Å². The molecule has 0 aromatic heterocycles. The van der Waals surface area contributed by atoms with Crippen molar-refractivity contribution in [1.29, 1.82) is 0 Å². The Morgan fingerprint density at radius 2 is 1.62 bits per heavy atom. The lowest BCUT2D eigenvalue weighted by Crippen LogP contribution is -2.39. The van der Waals surface area contributed by atoms with Crippen molar-refractivity contribution in [2.45, 2.75) is 109 Å². The SMILES string of the molecule is CCCCC[N+]1=C(CCCC2N(c3cccc(C)c3)c3ccc(S(=O)(=O)O)cc3C2(C)C)C(C)(C)c2cc(C)ccc21. The van der Waals surface area contributed by atoms with E-state index in [0.717, 1.165) is 42.7 Å². The molecule has 0 amide bonds. The molecule has 3 aromatic rings. The van der Waals surface area contributed by atoms with Crippen molar-refractivity contribution < 1.29 is 17.5 Å². The Morgan fingerprint density at radius 1 is 0.881 bits per heavy atom. The summed E-state index contributed by atoms with van der Waals surface area (Å²) in [5.74, 6) is 0. The molecule has 2 heterocycles. The molecule has 6 heteroatoms. The van der Waals surface area contributed by atoms with Crippen molar-refractivity contribution >= 4 is 32.9 Å². The lowest BCUT2D eigenvalue weighted by atomic mass is 9.76. The van der Waals surface area contributed by atoms with Gasteiger partial charge in [-0.05, 0) is 94.5 Å². The van der Waals surface area contributed by atoms with Crippen LogP contribution in [0.1, 0.15) is 95.4 Å². The summed E-state index contributed by atoms with van der Waals surface area (Å²) in [6.07, 6.45) is 6.61. The lowest BCUT2D eigenvalue weighted by Gasteiger charge is -2.35. The van der Waals surface area contributed by atoms with Crippen molar-refractivity contribution in [3.63, 3.8) is 0 Å². The average molecular weight is 588 g/mol.